The van der Waals surface area contributed by atoms with E-state index in [1.807, 2.05) is 74.2 Å². The molecule has 0 aromatic heterocycles. The van der Waals surface area contributed by atoms with Gasteiger partial charge in [-0.15, -0.1) is 0 Å². The lowest BCUT2D eigenvalue weighted by molar-refractivity contribution is -0.121. The minimum atomic E-state index is -3.58. The Labute approximate surface area is 189 Å². The number of nitrogens with one attached hydrogen (secondary N) is 1. The first-order chi connectivity index (χ1) is 15.3. The number of carbonyl (C=O) groups excluding carboxylic acids is 1. The average Bonchev–Trinajstić information content (AvgIpc) is 2.80. The summed E-state index contributed by atoms with van der Waals surface area (Å²) in [6, 6.07) is 18.6. The summed E-state index contributed by atoms with van der Waals surface area (Å²) in [7, 11) is -3.58. The topological polar surface area (TPSA) is 69.7 Å². The zero-order valence-electron chi connectivity index (χ0n) is 18.7. The van der Waals surface area contributed by atoms with Gasteiger partial charge in [-0.3, -0.25) is 9.69 Å². The number of sulfonamides is 1. The molecule has 1 heterocycles. The van der Waals surface area contributed by atoms with Crippen LogP contribution in [-0.4, -0.2) is 55.8 Å². The van der Waals surface area contributed by atoms with E-state index >= 15 is 0 Å². The van der Waals surface area contributed by atoms with Gasteiger partial charge in [0.1, 0.15) is 0 Å². The van der Waals surface area contributed by atoms with Gasteiger partial charge < -0.3 is 5.32 Å². The molecule has 1 atom stereocenters. The second-order valence-corrected chi connectivity index (χ2v) is 10.4. The number of hydrogen-bond acceptors (Lipinski definition) is 4. The first-order valence-electron chi connectivity index (χ1n) is 10.9. The Balaban J connectivity index is 1.41. The Morgan fingerprint density at radius 2 is 1.59 bits per heavy atom. The Morgan fingerprint density at radius 1 is 0.906 bits per heavy atom. The van der Waals surface area contributed by atoms with Gasteiger partial charge in [0.15, 0.2) is 0 Å². The minimum absolute atomic E-state index is 0.0791. The van der Waals surface area contributed by atoms with Crippen LogP contribution >= 0.6 is 0 Å². The molecule has 1 N–H and O–H groups in total. The molecule has 0 radical (unpaired) electrons. The van der Waals surface area contributed by atoms with Crippen molar-refractivity contribution >= 4 is 32.4 Å². The van der Waals surface area contributed by atoms with Gasteiger partial charge in [0.05, 0.1) is 10.9 Å². The Hall–Kier alpha value is -2.74. The lowest BCUT2D eigenvalue weighted by atomic mass is 10.1. The quantitative estimate of drug-likeness (QED) is 0.641. The van der Waals surface area contributed by atoms with Crippen LogP contribution in [0, 0.1) is 13.8 Å². The molecule has 32 heavy (non-hydrogen) atoms. The van der Waals surface area contributed by atoms with Gasteiger partial charge in [-0.25, -0.2) is 8.42 Å². The molecule has 1 fully saturated rings. The lowest BCUT2D eigenvalue weighted by Crippen LogP contribution is -2.53. The number of hydrogen-bond donors (Lipinski definition) is 1. The van der Waals surface area contributed by atoms with Gasteiger partial charge >= 0.3 is 0 Å². The summed E-state index contributed by atoms with van der Waals surface area (Å²) in [4.78, 5) is 15.2. The average molecular weight is 452 g/mol. The number of fused-ring (bicyclic) bond motifs is 1. The normalized spacial score (nSPS) is 16.7. The van der Waals surface area contributed by atoms with Crippen LogP contribution in [0.3, 0.4) is 0 Å². The molecule has 1 saturated heterocycles. The van der Waals surface area contributed by atoms with E-state index in [0.717, 1.165) is 27.6 Å². The molecule has 6 nitrogen and oxygen atoms in total. The van der Waals surface area contributed by atoms with E-state index in [1.165, 1.54) is 4.31 Å². The molecule has 168 valence electrons. The minimum Gasteiger partial charge on any atom is -0.324 e. The van der Waals surface area contributed by atoms with Crippen molar-refractivity contribution in [3.8, 4) is 0 Å². The zero-order chi connectivity index (χ0) is 22.9. The van der Waals surface area contributed by atoms with Gasteiger partial charge in [-0.1, -0.05) is 42.5 Å². The van der Waals surface area contributed by atoms with E-state index in [-0.39, 0.29) is 11.9 Å². The number of benzene rings is 3. The highest BCUT2D eigenvalue weighted by molar-refractivity contribution is 7.89. The summed E-state index contributed by atoms with van der Waals surface area (Å²) in [5.74, 6) is -0.0791. The van der Waals surface area contributed by atoms with Crippen LogP contribution in [0.25, 0.3) is 10.8 Å². The number of rotatable bonds is 5. The van der Waals surface area contributed by atoms with E-state index in [0.29, 0.717) is 31.1 Å². The highest BCUT2D eigenvalue weighted by Crippen LogP contribution is 2.23. The van der Waals surface area contributed by atoms with Crippen molar-refractivity contribution in [3.63, 3.8) is 0 Å². The number of aryl methyl sites for hydroxylation is 2. The molecule has 0 saturated carbocycles. The van der Waals surface area contributed by atoms with Gasteiger partial charge in [0.25, 0.3) is 0 Å². The van der Waals surface area contributed by atoms with Crippen molar-refractivity contribution in [1.82, 2.24) is 9.21 Å². The van der Waals surface area contributed by atoms with Crippen LogP contribution in [-0.2, 0) is 14.8 Å². The zero-order valence-corrected chi connectivity index (χ0v) is 19.5. The Kier molecular flexibility index (Phi) is 6.33. The molecule has 1 unspecified atom stereocenters. The van der Waals surface area contributed by atoms with Crippen molar-refractivity contribution in [1.29, 1.82) is 0 Å². The fourth-order valence-electron chi connectivity index (χ4n) is 4.08. The lowest BCUT2D eigenvalue weighted by Gasteiger charge is -2.36. The third-order valence-electron chi connectivity index (χ3n) is 6.21. The maximum Gasteiger partial charge on any atom is 0.243 e. The molecule has 0 aliphatic carbocycles. The number of nitrogens with zero attached hydrogens (tertiary/aromatic N) is 2. The van der Waals surface area contributed by atoms with E-state index in [9.17, 15) is 13.2 Å². The highest BCUT2D eigenvalue weighted by atomic mass is 32.2. The summed E-state index contributed by atoms with van der Waals surface area (Å²) < 4.78 is 27.9. The molecular weight excluding hydrogens is 422 g/mol. The molecule has 3 aromatic carbocycles. The van der Waals surface area contributed by atoms with Crippen LogP contribution in [0.4, 0.5) is 5.69 Å². The van der Waals surface area contributed by atoms with Crippen molar-refractivity contribution in [2.45, 2.75) is 31.7 Å². The molecule has 0 bridgehead atoms. The summed E-state index contributed by atoms with van der Waals surface area (Å²) >= 11 is 0. The first kappa shape index (κ1) is 22.5. The van der Waals surface area contributed by atoms with Crippen molar-refractivity contribution in [3.05, 3.63) is 71.8 Å². The van der Waals surface area contributed by atoms with Crippen molar-refractivity contribution < 1.29 is 13.2 Å². The first-order valence-corrected chi connectivity index (χ1v) is 12.3. The summed E-state index contributed by atoms with van der Waals surface area (Å²) in [5.41, 5.74) is 2.92. The number of amides is 1. The van der Waals surface area contributed by atoms with Gasteiger partial charge in [0.2, 0.25) is 15.9 Å². The molecule has 7 heteroatoms. The van der Waals surface area contributed by atoms with Crippen LogP contribution in [0.15, 0.2) is 65.6 Å². The largest absolute Gasteiger partial charge is 0.324 e. The molecule has 1 aliphatic heterocycles. The second-order valence-electron chi connectivity index (χ2n) is 8.43. The van der Waals surface area contributed by atoms with Crippen molar-refractivity contribution in [2.24, 2.45) is 0 Å². The summed E-state index contributed by atoms with van der Waals surface area (Å²) in [6.07, 6.45) is 0. The molecular formula is C25H29N3O3S. The monoisotopic (exact) mass is 451 g/mol. The van der Waals surface area contributed by atoms with Crippen LogP contribution in [0.1, 0.15) is 18.1 Å². The second kappa shape index (κ2) is 9.02. The SMILES string of the molecule is Cc1ccc(C)c(NC(=O)C(C)N2CCN(S(=O)(=O)c3ccc4ccccc4c3)CC2)c1. The van der Waals surface area contributed by atoms with E-state index in [1.54, 1.807) is 12.1 Å². The smallest absolute Gasteiger partial charge is 0.243 e. The maximum absolute atomic E-state index is 13.2. The third kappa shape index (κ3) is 4.55. The molecule has 4 rings (SSSR count). The maximum atomic E-state index is 13.2. The van der Waals surface area contributed by atoms with Gasteiger partial charge in [0, 0.05) is 31.9 Å². The predicted molar refractivity (Wildman–Crippen MR) is 128 cm³/mol. The van der Waals surface area contributed by atoms with Crippen LogP contribution < -0.4 is 5.32 Å². The number of anilines is 1. The van der Waals surface area contributed by atoms with E-state index in [4.69, 9.17) is 0 Å². The van der Waals surface area contributed by atoms with Gasteiger partial charge in [-0.2, -0.15) is 4.31 Å². The number of piperazine rings is 1. The van der Waals surface area contributed by atoms with Crippen LogP contribution in [0.5, 0.6) is 0 Å². The molecule has 1 aliphatic rings. The van der Waals surface area contributed by atoms with E-state index < -0.39 is 10.0 Å². The molecule has 0 spiro atoms. The fraction of sp³-hybridized carbons (Fsp3) is 0.320. The van der Waals surface area contributed by atoms with Crippen molar-refractivity contribution in [2.75, 3.05) is 31.5 Å². The Morgan fingerprint density at radius 3 is 2.31 bits per heavy atom. The fourth-order valence-corrected chi connectivity index (χ4v) is 5.54. The molecule has 3 aromatic rings. The predicted octanol–water partition coefficient (Wildman–Crippen LogP) is 3.79. The summed E-state index contributed by atoms with van der Waals surface area (Å²) in [6.45, 7) is 7.56. The van der Waals surface area contributed by atoms with E-state index in [2.05, 4.69) is 5.32 Å². The Bertz CT molecular complexity index is 1250. The third-order valence-corrected chi connectivity index (χ3v) is 8.10. The number of carbonyl (C=O) groups is 1. The van der Waals surface area contributed by atoms with Gasteiger partial charge in [-0.05, 0) is 60.9 Å². The summed E-state index contributed by atoms with van der Waals surface area (Å²) in [5, 5.41) is 4.94. The standard InChI is InChI=1S/C25H29N3O3S/c1-18-8-9-19(2)24(16-18)26-25(29)20(3)27-12-14-28(15-13-27)32(30,31)23-11-10-21-6-4-5-7-22(21)17-23/h4-11,16-17,20H,12-15H2,1-3H3,(H,26,29). The molecule has 1 amide bonds. The highest BCUT2D eigenvalue weighted by Gasteiger charge is 2.32. The van der Waals surface area contributed by atoms with Crippen LogP contribution in [0.2, 0.25) is 0 Å².